The van der Waals surface area contributed by atoms with Crippen molar-refractivity contribution >= 4 is 5.97 Å². The van der Waals surface area contributed by atoms with Crippen molar-refractivity contribution in [2.75, 3.05) is 13.2 Å². The summed E-state index contributed by atoms with van der Waals surface area (Å²) in [7, 11) is 0. The van der Waals surface area contributed by atoms with Crippen LogP contribution in [0.15, 0.2) is 0 Å². The zero-order chi connectivity index (χ0) is 14.3. The molecule has 0 amide bonds. The highest BCUT2D eigenvalue weighted by Crippen LogP contribution is 2.25. The molecule has 1 atom stereocenters. The summed E-state index contributed by atoms with van der Waals surface area (Å²) in [5.74, 6) is -0.0800. The van der Waals surface area contributed by atoms with Crippen molar-refractivity contribution in [3.8, 4) is 0 Å². The van der Waals surface area contributed by atoms with E-state index in [2.05, 4.69) is 18.7 Å². The summed E-state index contributed by atoms with van der Waals surface area (Å²) in [5, 5.41) is 0. The van der Waals surface area contributed by atoms with Crippen LogP contribution in [-0.2, 0) is 9.53 Å². The van der Waals surface area contributed by atoms with Gasteiger partial charge in [0, 0.05) is 18.1 Å². The molecule has 0 saturated heterocycles. The van der Waals surface area contributed by atoms with Crippen LogP contribution in [0.3, 0.4) is 0 Å². The van der Waals surface area contributed by atoms with Gasteiger partial charge in [-0.3, -0.25) is 9.69 Å². The monoisotopic (exact) mass is 270 g/mol. The van der Waals surface area contributed by atoms with E-state index in [0.717, 1.165) is 38.6 Å². The Kier molecular flexibility index (Phi) is 7.39. The first-order valence-electron chi connectivity index (χ1n) is 7.75. The van der Waals surface area contributed by atoms with Gasteiger partial charge >= 0.3 is 5.97 Å². The van der Waals surface area contributed by atoms with Gasteiger partial charge in [-0.05, 0) is 52.5 Å². The van der Waals surface area contributed by atoms with Gasteiger partial charge in [-0.1, -0.05) is 6.92 Å². The van der Waals surface area contributed by atoms with Crippen molar-refractivity contribution in [1.82, 2.24) is 4.90 Å². The summed E-state index contributed by atoms with van der Waals surface area (Å²) in [6.07, 6.45) is 6.16. The van der Waals surface area contributed by atoms with Gasteiger partial charge in [0.15, 0.2) is 0 Å². The Morgan fingerprint density at radius 1 is 1.32 bits per heavy atom. The molecule has 0 aromatic rings. The van der Waals surface area contributed by atoms with Crippen LogP contribution < -0.4 is 5.73 Å². The van der Waals surface area contributed by atoms with E-state index < -0.39 is 0 Å². The predicted octanol–water partition coefficient (Wildman–Crippen LogP) is 2.31. The van der Waals surface area contributed by atoms with Crippen LogP contribution >= 0.6 is 0 Å². The Morgan fingerprint density at radius 2 is 1.95 bits per heavy atom. The number of rotatable bonds is 7. The highest BCUT2D eigenvalue weighted by atomic mass is 16.5. The van der Waals surface area contributed by atoms with Crippen LogP contribution in [0.5, 0.6) is 0 Å². The van der Waals surface area contributed by atoms with Crippen LogP contribution in [0.25, 0.3) is 0 Å². The highest BCUT2D eigenvalue weighted by Gasteiger charge is 2.28. The summed E-state index contributed by atoms with van der Waals surface area (Å²) < 4.78 is 5.06. The van der Waals surface area contributed by atoms with Crippen LogP contribution in [-0.4, -0.2) is 42.1 Å². The molecule has 2 N–H and O–H groups in total. The molecule has 112 valence electrons. The number of nitrogens with zero attached hydrogens (tertiary/aromatic N) is 1. The Labute approximate surface area is 117 Å². The summed E-state index contributed by atoms with van der Waals surface area (Å²) in [4.78, 5) is 14.1. The lowest BCUT2D eigenvalue weighted by Gasteiger charge is -2.39. The maximum absolute atomic E-state index is 11.6. The minimum Gasteiger partial charge on any atom is -0.466 e. The van der Waals surface area contributed by atoms with Gasteiger partial charge in [0.2, 0.25) is 0 Å². The zero-order valence-electron chi connectivity index (χ0n) is 12.7. The van der Waals surface area contributed by atoms with E-state index in [1.165, 1.54) is 0 Å². The zero-order valence-corrected chi connectivity index (χ0v) is 12.7. The van der Waals surface area contributed by atoms with Crippen molar-refractivity contribution in [2.45, 2.75) is 77.4 Å². The molecule has 1 aliphatic rings. The molecule has 4 heteroatoms. The van der Waals surface area contributed by atoms with E-state index in [1.807, 2.05) is 6.92 Å². The van der Waals surface area contributed by atoms with Gasteiger partial charge in [-0.2, -0.15) is 0 Å². The number of carbonyl (C=O) groups is 1. The first-order valence-corrected chi connectivity index (χ1v) is 7.75. The molecule has 0 bridgehead atoms. The molecular formula is C15H30N2O2. The minimum atomic E-state index is -0.0800. The molecular weight excluding hydrogens is 240 g/mol. The molecule has 1 aliphatic carbocycles. The van der Waals surface area contributed by atoms with Gasteiger partial charge in [0.25, 0.3) is 0 Å². The quantitative estimate of drug-likeness (QED) is 0.721. The molecule has 0 aromatic carbocycles. The number of ether oxygens (including phenoxy) is 1. The summed E-state index contributed by atoms with van der Waals surface area (Å²) >= 11 is 0. The third-order valence-corrected chi connectivity index (χ3v) is 4.03. The van der Waals surface area contributed by atoms with Crippen molar-refractivity contribution in [1.29, 1.82) is 0 Å². The molecule has 1 rings (SSSR count). The molecule has 1 saturated carbocycles. The second kappa shape index (κ2) is 8.54. The Balaban J connectivity index is 2.52. The smallest absolute Gasteiger partial charge is 0.307 e. The molecule has 1 fully saturated rings. The standard InChI is InChI=1S/C15H30N2O2/c1-4-10-17(12(3)11-15(18)19-5-2)14-8-6-13(16)7-9-14/h12-14H,4-11,16H2,1-3H3. The first-order chi connectivity index (χ1) is 9.08. The number of esters is 1. The lowest BCUT2D eigenvalue weighted by molar-refractivity contribution is -0.144. The van der Waals surface area contributed by atoms with E-state index in [9.17, 15) is 4.79 Å². The molecule has 0 radical (unpaired) electrons. The molecule has 0 aromatic heterocycles. The Hall–Kier alpha value is -0.610. The lowest BCUT2D eigenvalue weighted by atomic mass is 9.89. The number of carbonyl (C=O) groups excluding carboxylic acids is 1. The summed E-state index contributed by atoms with van der Waals surface area (Å²) in [5.41, 5.74) is 5.97. The summed E-state index contributed by atoms with van der Waals surface area (Å²) in [6, 6.07) is 1.22. The highest BCUT2D eigenvalue weighted by molar-refractivity contribution is 5.70. The maximum Gasteiger partial charge on any atom is 0.307 e. The SMILES string of the molecule is CCCN(C(C)CC(=O)OCC)C1CCC(N)CC1. The fourth-order valence-electron chi connectivity index (χ4n) is 3.03. The minimum absolute atomic E-state index is 0.0800. The molecule has 4 nitrogen and oxygen atoms in total. The van der Waals surface area contributed by atoms with E-state index in [4.69, 9.17) is 10.5 Å². The summed E-state index contributed by atoms with van der Waals surface area (Å²) in [6.45, 7) is 7.72. The van der Waals surface area contributed by atoms with Crippen molar-refractivity contribution in [3.05, 3.63) is 0 Å². The van der Waals surface area contributed by atoms with Gasteiger partial charge in [-0.15, -0.1) is 0 Å². The van der Waals surface area contributed by atoms with E-state index >= 15 is 0 Å². The molecule has 1 unspecified atom stereocenters. The Bertz CT molecular complexity index is 263. The van der Waals surface area contributed by atoms with Gasteiger partial charge in [-0.25, -0.2) is 0 Å². The molecule has 19 heavy (non-hydrogen) atoms. The second-order valence-corrected chi connectivity index (χ2v) is 5.66. The van der Waals surface area contributed by atoms with Crippen LogP contribution in [0.2, 0.25) is 0 Å². The maximum atomic E-state index is 11.6. The lowest BCUT2D eigenvalue weighted by Crippen LogP contribution is -2.46. The number of hydrogen-bond acceptors (Lipinski definition) is 4. The van der Waals surface area contributed by atoms with Crippen LogP contribution in [0.4, 0.5) is 0 Å². The molecule has 0 aliphatic heterocycles. The normalized spacial score (nSPS) is 25.3. The van der Waals surface area contributed by atoms with Crippen LogP contribution in [0, 0.1) is 0 Å². The van der Waals surface area contributed by atoms with Crippen molar-refractivity contribution in [2.24, 2.45) is 5.73 Å². The fourth-order valence-corrected chi connectivity index (χ4v) is 3.03. The largest absolute Gasteiger partial charge is 0.466 e. The average molecular weight is 270 g/mol. The molecule has 0 spiro atoms. The van der Waals surface area contributed by atoms with E-state index in [-0.39, 0.29) is 12.0 Å². The Morgan fingerprint density at radius 3 is 2.47 bits per heavy atom. The number of nitrogens with two attached hydrogens (primary N) is 1. The van der Waals surface area contributed by atoms with Gasteiger partial charge in [0.05, 0.1) is 13.0 Å². The van der Waals surface area contributed by atoms with E-state index in [0.29, 0.717) is 25.1 Å². The first kappa shape index (κ1) is 16.4. The second-order valence-electron chi connectivity index (χ2n) is 5.66. The van der Waals surface area contributed by atoms with Gasteiger partial charge < -0.3 is 10.5 Å². The predicted molar refractivity (Wildman–Crippen MR) is 77.9 cm³/mol. The average Bonchev–Trinajstić information content (AvgIpc) is 2.37. The number of hydrogen-bond donors (Lipinski definition) is 1. The fraction of sp³-hybridized carbons (Fsp3) is 0.933. The van der Waals surface area contributed by atoms with Crippen molar-refractivity contribution in [3.63, 3.8) is 0 Å². The molecule has 0 heterocycles. The van der Waals surface area contributed by atoms with Crippen LogP contribution in [0.1, 0.15) is 59.3 Å². The van der Waals surface area contributed by atoms with E-state index in [1.54, 1.807) is 0 Å². The van der Waals surface area contributed by atoms with Gasteiger partial charge in [0.1, 0.15) is 0 Å². The third kappa shape index (κ3) is 5.49. The van der Waals surface area contributed by atoms with Crippen molar-refractivity contribution < 1.29 is 9.53 Å². The third-order valence-electron chi connectivity index (χ3n) is 4.03. The topological polar surface area (TPSA) is 55.6 Å².